The Kier molecular flexibility index (Phi) is 5.96. The molecular formula is C18H18ClFN5O3. The second-order valence-electron chi connectivity index (χ2n) is 6.08. The first-order valence-corrected chi connectivity index (χ1v) is 8.69. The maximum absolute atomic E-state index is 14.0. The molecule has 0 saturated heterocycles. The largest absolute Gasteiger partial charge is 0.494 e. The van der Waals surface area contributed by atoms with Gasteiger partial charge in [0.2, 0.25) is 0 Å². The van der Waals surface area contributed by atoms with Crippen molar-refractivity contribution in [1.82, 2.24) is 19.9 Å². The number of amides is 1. The smallest absolute Gasteiger partial charge is 0.257 e. The summed E-state index contributed by atoms with van der Waals surface area (Å²) in [5, 5.41) is 6.99. The Labute approximate surface area is 165 Å². The van der Waals surface area contributed by atoms with Crippen molar-refractivity contribution in [2.75, 3.05) is 19.5 Å². The molecule has 8 nitrogen and oxygen atoms in total. The third-order valence-corrected chi connectivity index (χ3v) is 4.10. The summed E-state index contributed by atoms with van der Waals surface area (Å²) in [6.07, 6.45) is 4.15. The van der Waals surface area contributed by atoms with E-state index in [1.54, 1.807) is 6.92 Å². The average Bonchev–Trinajstić information content (AvgIpc) is 3.07. The molecule has 0 unspecified atom stereocenters. The first kappa shape index (κ1) is 19.8. The van der Waals surface area contributed by atoms with E-state index < -0.39 is 5.82 Å². The Morgan fingerprint density at radius 3 is 3.04 bits per heavy atom. The number of halogens is 2. The van der Waals surface area contributed by atoms with Gasteiger partial charge in [0.25, 0.3) is 5.91 Å². The van der Waals surface area contributed by atoms with Gasteiger partial charge in [0.15, 0.2) is 5.65 Å². The fraction of sp³-hybridized carbons (Fsp3) is 0.278. The van der Waals surface area contributed by atoms with Gasteiger partial charge < -0.3 is 20.5 Å². The van der Waals surface area contributed by atoms with Gasteiger partial charge in [0, 0.05) is 23.7 Å². The molecule has 3 rings (SSSR count). The van der Waals surface area contributed by atoms with Gasteiger partial charge in [0.05, 0.1) is 38.4 Å². The van der Waals surface area contributed by atoms with Gasteiger partial charge in [-0.15, -0.1) is 0 Å². The second kappa shape index (κ2) is 8.41. The maximum Gasteiger partial charge on any atom is 0.257 e. The van der Waals surface area contributed by atoms with Crippen LogP contribution in [0.3, 0.4) is 0 Å². The Hall–Kier alpha value is -2.91. The molecule has 0 fully saturated rings. The van der Waals surface area contributed by atoms with Crippen molar-refractivity contribution in [3.63, 3.8) is 0 Å². The number of rotatable bonds is 7. The molecule has 0 aliphatic rings. The highest BCUT2D eigenvalue weighted by atomic mass is 35.5. The highest BCUT2D eigenvalue weighted by Gasteiger charge is 2.17. The van der Waals surface area contributed by atoms with Crippen molar-refractivity contribution in [2.45, 2.75) is 19.6 Å². The molecule has 1 atom stereocenters. The molecule has 3 N–H and O–H groups in total. The van der Waals surface area contributed by atoms with Crippen LogP contribution < -0.4 is 15.8 Å². The van der Waals surface area contributed by atoms with E-state index in [9.17, 15) is 9.18 Å². The number of benzene rings is 1. The third-order valence-electron chi connectivity index (χ3n) is 3.91. The minimum Gasteiger partial charge on any atom is -0.494 e. The lowest BCUT2D eigenvalue weighted by Gasteiger charge is -2.15. The number of aromatic nitrogens is 3. The van der Waals surface area contributed by atoms with Crippen LogP contribution in [-0.4, -0.2) is 40.3 Å². The van der Waals surface area contributed by atoms with Crippen LogP contribution in [0.5, 0.6) is 5.75 Å². The molecular weight excluding hydrogens is 389 g/mol. The van der Waals surface area contributed by atoms with E-state index in [0.717, 1.165) is 0 Å². The lowest BCUT2D eigenvalue weighted by atomic mass is 10.2. The summed E-state index contributed by atoms with van der Waals surface area (Å²) >= 11 is 5.85. The Morgan fingerprint density at radius 1 is 1.50 bits per heavy atom. The zero-order valence-corrected chi connectivity index (χ0v) is 16.0. The number of hydrogen-bond acceptors (Lipinski definition) is 6. The summed E-state index contributed by atoms with van der Waals surface area (Å²) in [5.74, 6) is -0.594. The van der Waals surface area contributed by atoms with Gasteiger partial charge >= 0.3 is 0 Å². The molecule has 2 heterocycles. The number of nitrogen functional groups attached to an aromatic ring is 1. The summed E-state index contributed by atoms with van der Waals surface area (Å²) in [5.41, 5.74) is 6.96. The van der Waals surface area contributed by atoms with E-state index >= 15 is 0 Å². The molecule has 1 aromatic carbocycles. The number of ether oxygens (including phenoxy) is 2. The molecule has 1 radical (unpaired) electrons. The standard InChI is InChI=1S/C18H18ClFN5O3/c1-10(8-28-9-11-5-14(21)15(27-2)6-13(11)20)23-18(26)12-7-22-25-4-3-16(19)24-17(12)25/h3,5-7,10H,8-9,21H2,1-2H3,(H,23,26)/t10-/m1/s1. The average molecular weight is 407 g/mol. The SMILES string of the molecule is COc1cc(F)c(COC[C@@H](C)NC(=O)c2cnn3[c]cc(Cl)nc23)cc1N. The van der Waals surface area contributed by atoms with Crippen molar-refractivity contribution in [3.05, 3.63) is 52.7 Å². The van der Waals surface area contributed by atoms with Gasteiger partial charge in [-0.3, -0.25) is 4.79 Å². The molecule has 2 aromatic heterocycles. The molecule has 0 aliphatic heterocycles. The van der Waals surface area contributed by atoms with Crippen LogP contribution in [0.2, 0.25) is 5.15 Å². The molecule has 0 saturated carbocycles. The van der Waals surface area contributed by atoms with Crippen LogP contribution in [0.1, 0.15) is 22.8 Å². The van der Waals surface area contributed by atoms with E-state index in [2.05, 4.69) is 21.6 Å². The zero-order valence-electron chi connectivity index (χ0n) is 15.2. The van der Waals surface area contributed by atoms with E-state index in [1.807, 2.05) is 0 Å². The van der Waals surface area contributed by atoms with Gasteiger partial charge in [0.1, 0.15) is 22.3 Å². The Balaban J connectivity index is 1.57. The molecule has 0 bridgehead atoms. The normalized spacial score (nSPS) is 12.1. The topological polar surface area (TPSA) is 104 Å². The number of hydrogen-bond donors (Lipinski definition) is 2. The van der Waals surface area contributed by atoms with Crippen LogP contribution in [0.15, 0.2) is 24.4 Å². The molecule has 28 heavy (non-hydrogen) atoms. The summed E-state index contributed by atoms with van der Waals surface area (Å²) < 4.78 is 25.8. The van der Waals surface area contributed by atoms with Crippen molar-refractivity contribution < 1.29 is 18.7 Å². The summed E-state index contributed by atoms with van der Waals surface area (Å²) in [4.78, 5) is 16.5. The molecule has 0 spiro atoms. The lowest BCUT2D eigenvalue weighted by molar-refractivity contribution is 0.0814. The number of anilines is 1. The minimum atomic E-state index is -0.478. The van der Waals surface area contributed by atoms with E-state index in [4.69, 9.17) is 26.8 Å². The van der Waals surface area contributed by atoms with Gasteiger partial charge in [-0.05, 0) is 13.0 Å². The number of carbonyl (C=O) groups is 1. The fourth-order valence-corrected chi connectivity index (χ4v) is 2.68. The molecule has 10 heteroatoms. The summed E-state index contributed by atoms with van der Waals surface area (Å²) in [6.45, 7) is 1.93. The second-order valence-corrected chi connectivity index (χ2v) is 6.46. The number of methoxy groups -OCH3 is 1. The first-order valence-electron chi connectivity index (χ1n) is 8.31. The van der Waals surface area contributed by atoms with Gasteiger partial charge in [-0.2, -0.15) is 5.10 Å². The monoisotopic (exact) mass is 406 g/mol. The van der Waals surface area contributed by atoms with Crippen LogP contribution in [0.4, 0.5) is 10.1 Å². The van der Waals surface area contributed by atoms with Gasteiger partial charge in [-0.1, -0.05) is 11.6 Å². The van der Waals surface area contributed by atoms with Crippen molar-refractivity contribution in [2.24, 2.45) is 0 Å². The van der Waals surface area contributed by atoms with E-state index in [1.165, 1.54) is 36.0 Å². The van der Waals surface area contributed by atoms with Crippen LogP contribution >= 0.6 is 11.6 Å². The quantitative estimate of drug-likeness (QED) is 0.460. The number of nitrogens with two attached hydrogens (primary N) is 1. The van der Waals surface area contributed by atoms with Crippen LogP contribution in [-0.2, 0) is 11.3 Å². The number of fused-ring (bicyclic) bond motifs is 1. The van der Waals surface area contributed by atoms with Crippen LogP contribution in [0, 0.1) is 12.0 Å². The first-order chi connectivity index (χ1) is 13.4. The number of nitrogens with one attached hydrogen (secondary N) is 1. The van der Waals surface area contributed by atoms with E-state index in [-0.39, 0.29) is 41.6 Å². The molecule has 3 aromatic rings. The number of nitrogens with zero attached hydrogens (tertiary/aromatic N) is 3. The summed E-state index contributed by atoms with van der Waals surface area (Å²) in [7, 11) is 1.41. The predicted octanol–water partition coefficient (Wildman–Crippen LogP) is 2.25. The molecule has 1 amide bonds. The Morgan fingerprint density at radius 2 is 2.29 bits per heavy atom. The van der Waals surface area contributed by atoms with E-state index in [0.29, 0.717) is 16.9 Å². The van der Waals surface area contributed by atoms with Crippen molar-refractivity contribution >= 4 is 28.8 Å². The number of carbonyl (C=O) groups excluding carboxylic acids is 1. The minimum absolute atomic E-state index is 0.00305. The molecule has 147 valence electrons. The third kappa shape index (κ3) is 4.32. The predicted molar refractivity (Wildman–Crippen MR) is 101 cm³/mol. The highest BCUT2D eigenvalue weighted by Crippen LogP contribution is 2.25. The highest BCUT2D eigenvalue weighted by molar-refractivity contribution is 6.29. The van der Waals surface area contributed by atoms with Gasteiger partial charge in [-0.25, -0.2) is 13.9 Å². The fourth-order valence-electron chi connectivity index (χ4n) is 2.55. The molecule has 0 aliphatic carbocycles. The zero-order chi connectivity index (χ0) is 20.3. The maximum atomic E-state index is 14.0. The lowest BCUT2D eigenvalue weighted by Crippen LogP contribution is -2.35. The van der Waals surface area contributed by atoms with Crippen molar-refractivity contribution in [1.29, 1.82) is 0 Å². The van der Waals surface area contributed by atoms with Crippen molar-refractivity contribution in [3.8, 4) is 5.75 Å². The van der Waals surface area contributed by atoms with Crippen LogP contribution in [0.25, 0.3) is 5.65 Å². The Bertz CT molecular complexity index is 1010. The summed E-state index contributed by atoms with van der Waals surface area (Å²) in [6, 6.07) is 3.77.